The molecule has 6 heteroatoms. The lowest BCUT2D eigenvalue weighted by Gasteiger charge is -2.38. The van der Waals surface area contributed by atoms with E-state index in [1.807, 2.05) is 13.0 Å². The smallest absolute Gasteiger partial charge is 0.145 e. The van der Waals surface area contributed by atoms with Crippen LogP contribution >= 0.6 is 0 Å². The van der Waals surface area contributed by atoms with Gasteiger partial charge in [-0.05, 0) is 32.0 Å². The number of likely N-dealkylation sites (tertiary alicyclic amines) is 1. The molecule has 0 aliphatic carbocycles. The summed E-state index contributed by atoms with van der Waals surface area (Å²) in [6, 6.07) is 1.81. The molecule has 0 atom stereocenters. The van der Waals surface area contributed by atoms with Gasteiger partial charge < -0.3 is 10.9 Å². The fraction of sp³-hybridized carbons (Fsp3) is 0.583. The highest BCUT2D eigenvalue weighted by Gasteiger charge is 2.34. The van der Waals surface area contributed by atoms with Crippen LogP contribution in [0.3, 0.4) is 0 Å². The van der Waals surface area contributed by atoms with Crippen LogP contribution in [-0.2, 0) is 6.54 Å². The molecule has 0 unspecified atom stereocenters. The minimum Gasteiger partial charge on any atom is -0.409 e. The van der Waals surface area contributed by atoms with Gasteiger partial charge in [0.25, 0.3) is 0 Å². The normalized spacial score (nSPS) is 20.8. The van der Waals surface area contributed by atoms with Crippen LogP contribution in [0.4, 0.5) is 0 Å². The standard InChI is InChI=1S/C12H19N5O/c1-12(11(13)16-18)3-7-17(8-4-12)9-10-14-5-2-6-15-10/h2,5-6,18H,3-4,7-9H2,1H3,(H2,13,16). The van der Waals surface area contributed by atoms with E-state index < -0.39 is 0 Å². The van der Waals surface area contributed by atoms with Gasteiger partial charge in [-0.25, -0.2) is 9.97 Å². The molecule has 18 heavy (non-hydrogen) atoms. The number of rotatable bonds is 3. The molecular weight excluding hydrogens is 230 g/mol. The van der Waals surface area contributed by atoms with Crippen molar-refractivity contribution in [2.45, 2.75) is 26.3 Å². The molecule has 1 aromatic heterocycles. The van der Waals surface area contributed by atoms with E-state index in [-0.39, 0.29) is 5.41 Å². The summed E-state index contributed by atoms with van der Waals surface area (Å²) in [6.45, 7) is 4.61. The fourth-order valence-corrected chi connectivity index (χ4v) is 2.19. The quantitative estimate of drug-likeness (QED) is 0.358. The maximum absolute atomic E-state index is 8.78. The van der Waals surface area contributed by atoms with Crippen LogP contribution in [0.1, 0.15) is 25.6 Å². The van der Waals surface area contributed by atoms with Gasteiger partial charge in [0, 0.05) is 17.8 Å². The largest absolute Gasteiger partial charge is 0.409 e. The molecule has 0 bridgehead atoms. The number of hydrogen-bond donors (Lipinski definition) is 2. The zero-order valence-electron chi connectivity index (χ0n) is 10.6. The highest BCUT2D eigenvalue weighted by Crippen LogP contribution is 2.31. The number of amidine groups is 1. The van der Waals surface area contributed by atoms with E-state index in [4.69, 9.17) is 10.9 Å². The van der Waals surface area contributed by atoms with Crippen molar-refractivity contribution in [2.24, 2.45) is 16.3 Å². The summed E-state index contributed by atoms with van der Waals surface area (Å²) in [7, 11) is 0. The Morgan fingerprint density at radius 3 is 2.61 bits per heavy atom. The molecule has 1 aliphatic rings. The Morgan fingerprint density at radius 1 is 1.44 bits per heavy atom. The second-order valence-electron chi connectivity index (χ2n) is 4.99. The van der Waals surface area contributed by atoms with Gasteiger partial charge in [-0.2, -0.15) is 0 Å². The number of hydrogen-bond acceptors (Lipinski definition) is 5. The Hall–Kier alpha value is -1.69. The predicted molar refractivity (Wildman–Crippen MR) is 68.1 cm³/mol. The summed E-state index contributed by atoms with van der Waals surface area (Å²) in [6.07, 6.45) is 5.28. The van der Waals surface area contributed by atoms with Crippen molar-refractivity contribution in [3.05, 3.63) is 24.3 Å². The van der Waals surface area contributed by atoms with Gasteiger partial charge in [0.2, 0.25) is 0 Å². The van der Waals surface area contributed by atoms with E-state index in [0.717, 1.165) is 38.3 Å². The molecule has 0 aromatic carbocycles. The first-order valence-electron chi connectivity index (χ1n) is 6.10. The summed E-state index contributed by atoms with van der Waals surface area (Å²) >= 11 is 0. The van der Waals surface area contributed by atoms with Gasteiger partial charge in [-0.1, -0.05) is 12.1 Å². The topological polar surface area (TPSA) is 87.6 Å². The third kappa shape index (κ3) is 2.76. The lowest BCUT2D eigenvalue weighted by Crippen LogP contribution is -2.45. The van der Waals surface area contributed by atoms with E-state index in [0.29, 0.717) is 5.84 Å². The monoisotopic (exact) mass is 249 g/mol. The molecule has 1 fully saturated rings. The summed E-state index contributed by atoms with van der Waals surface area (Å²) in [5.41, 5.74) is 5.55. The van der Waals surface area contributed by atoms with Crippen molar-refractivity contribution in [2.75, 3.05) is 13.1 Å². The molecule has 3 N–H and O–H groups in total. The third-order valence-corrected chi connectivity index (χ3v) is 3.67. The van der Waals surface area contributed by atoms with Gasteiger partial charge >= 0.3 is 0 Å². The molecule has 0 radical (unpaired) electrons. The van der Waals surface area contributed by atoms with Crippen molar-refractivity contribution in [1.82, 2.24) is 14.9 Å². The first-order valence-corrected chi connectivity index (χ1v) is 6.10. The van der Waals surface area contributed by atoms with Gasteiger partial charge in [-0.3, -0.25) is 4.90 Å². The van der Waals surface area contributed by atoms with Crippen LogP contribution in [0.15, 0.2) is 23.6 Å². The highest BCUT2D eigenvalue weighted by atomic mass is 16.4. The van der Waals surface area contributed by atoms with Gasteiger partial charge in [0.1, 0.15) is 11.7 Å². The molecule has 6 nitrogen and oxygen atoms in total. The minimum atomic E-state index is -0.192. The maximum atomic E-state index is 8.78. The van der Waals surface area contributed by atoms with Crippen molar-refractivity contribution < 1.29 is 5.21 Å². The first-order chi connectivity index (χ1) is 8.64. The Kier molecular flexibility index (Phi) is 3.76. The average Bonchev–Trinajstić information content (AvgIpc) is 2.42. The van der Waals surface area contributed by atoms with Crippen molar-refractivity contribution in [1.29, 1.82) is 0 Å². The van der Waals surface area contributed by atoms with Crippen molar-refractivity contribution in [3.8, 4) is 0 Å². The number of piperidine rings is 1. The third-order valence-electron chi connectivity index (χ3n) is 3.67. The minimum absolute atomic E-state index is 0.192. The van der Waals surface area contributed by atoms with E-state index >= 15 is 0 Å². The van der Waals surface area contributed by atoms with Crippen LogP contribution in [0.5, 0.6) is 0 Å². The van der Waals surface area contributed by atoms with E-state index in [9.17, 15) is 0 Å². The zero-order chi connectivity index (χ0) is 13.0. The van der Waals surface area contributed by atoms with Crippen LogP contribution in [-0.4, -0.2) is 39.0 Å². The molecule has 1 aliphatic heterocycles. The van der Waals surface area contributed by atoms with Crippen LogP contribution in [0.2, 0.25) is 0 Å². The molecule has 98 valence electrons. The predicted octanol–water partition coefficient (Wildman–Crippen LogP) is 0.825. The SMILES string of the molecule is CC1(/C(N)=N/O)CCN(Cc2ncccn2)CC1. The lowest BCUT2D eigenvalue weighted by molar-refractivity contribution is 0.150. The van der Waals surface area contributed by atoms with Crippen LogP contribution in [0, 0.1) is 5.41 Å². The molecule has 0 saturated carbocycles. The molecule has 2 rings (SSSR count). The molecular formula is C12H19N5O. The lowest BCUT2D eigenvalue weighted by atomic mass is 9.79. The maximum Gasteiger partial charge on any atom is 0.145 e. The zero-order valence-corrected chi connectivity index (χ0v) is 10.6. The Balaban J connectivity index is 1.91. The Morgan fingerprint density at radius 2 is 2.06 bits per heavy atom. The Labute approximate surface area is 107 Å². The molecule has 1 saturated heterocycles. The number of oxime groups is 1. The van der Waals surface area contributed by atoms with E-state index in [1.54, 1.807) is 12.4 Å². The fourth-order valence-electron chi connectivity index (χ4n) is 2.19. The summed E-state index contributed by atoms with van der Waals surface area (Å²) < 4.78 is 0. The number of aromatic nitrogens is 2. The highest BCUT2D eigenvalue weighted by molar-refractivity contribution is 5.85. The molecule has 1 aromatic rings. The van der Waals surface area contributed by atoms with Crippen LogP contribution < -0.4 is 5.73 Å². The Bertz CT molecular complexity index is 412. The van der Waals surface area contributed by atoms with E-state index in [1.165, 1.54) is 0 Å². The number of nitrogens with zero attached hydrogens (tertiary/aromatic N) is 4. The second-order valence-corrected chi connectivity index (χ2v) is 4.99. The van der Waals surface area contributed by atoms with Crippen molar-refractivity contribution >= 4 is 5.84 Å². The number of nitrogens with two attached hydrogens (primary N) is 1. The van der Waals surface area contributed by atoms with Crippen molar-refractivity contribution in [3.63, 3.8) is 0 Å². The summed E-state index contributed by atoms with van der Waals surface area (Å²) in [4.78, 5) is 10.7. The summed E-state index contributed by atoms with van der Waals surface area (Å²) in [5, 5.41) is 11.9. The van der Waals surface area contributed by atoms with Crippen LogP contribution in [0.25, 0.3) is 0 Å². The summed E-state index contributed by atoms with van der Waals surface area (Å²) in [5.74, 6) is 1.17. The average molecular weight is 249 g/mol. The molecule has 2 heterocycles. The van der Waals surface area contributed by atoms with E-state index in [2.05, 4.69) is 20.0 Å². The van der Waals surface area contributed by atoms with Gasteiger partial charge in [0.15, 0.2) is 0 Å². The second kappa shape index (κ2) is 5.30. The van der Waals surface area contributed by atoms with Gasteiger partial charge in [-0.15, -0.1) is 0 Å². The molecule has 0 spiro atoms. The first kappa shape index (κ1) is 12.8. The molecule has 0 amide bonds. The van der Waals surface area contributed by atoms with Gasteiger partial charge in [0.05, 0.1) is 6.54 Å².